The van der Waals surface area contributed by atoms with Crippen LogP contribution in [0.2, 0.25) is 0 Å². The minimum Gasteiger partial charge on any atom is -0.384 e. The van der Waals surface area contributed by atoms with Crippen LogP contribution in [0.4, 0.5) is 5.69 Å². The van der Waals surface area contributed by atoms with Gasteiger partial charge in [-0.1, -0.05) is 6.07 Å². The minimum atomic E-state index is 0.923. The smallest absolute Gasteiger partial charge is 0.0568 e. The summed E-state index contributed by atoms with van der Waals surface area (Å²) in [6, 6.07) is 6.60. The number of rotatable bonds is 2. The molecule has 3 heteroatoms. The largest absolute Gasteiger partial charge is 0.384 e. The molecule has 0 atom stereocenters. The Morgan fingerprint density at radius 1 is 1.38 bits per heavy atom. The Balaban J connectivity index is 2.00. The Morgan fingerprint density at radius 2 is 2.31 bits per heavy atom. The van der Waals surface area contributed by atoms with Crippen molar-refractivity contribution in [3.05, 3.63) is 36.2 Å². The van der Waals surface area contributed by atoms with E-state index in [0.29, 0.717) is 0 Å². The van der Waals surface area contributed by atoms with E-state index in [9.17, 15) is 0 Å². The van der Waals surface area contributed by atoms with Gasteiger partial charge in [-0.05, 0) is 36.6 Å². The first-order valence-electron chi connectivity index (χ1n) is 5.76. The maximum absolute atomic E-state index is 4.31. The lowest BCUT2D eigenvalue weighted by atomic mass is 10.0. The highest BCUT2D eigenvalue weighted by atomic mass is 15.3. The zero-order chi connectivity index (χ0) is 11.0. The second-order valence-electron chi connectivity index (χ2n) is 4.13. The number of nitrogens with one attached hydrogen (secondary N) is 1. The van der Waals surface area contributed by atoms with Gasteiger partial charge in [0.15, 0.2) is 0 Å². The monoisotopic (exact) mass is 213 g/mol. The summed E-state index contributed by atoms with van der Waals surface area (Å²) in [5.41, 5.74) is 5.17. The molecule has 3 rings (SSSR count). The Labute approximate surface area is 95.1 Å². The summed E-state index contributed by atoms with van der Waals surface area (Å²) in [5.74, 6) is 0. The van der Waals surface area contributed by atoms with Gasteiger partial charge >= 0.3 is 0 Å². The van der Waals surface area contributed by atoms with E-state index in [0.717, 1.165) is 19.5 Å². The third-order valence-electron chi connectivity index (χ3n) is 3.11. The van der Waals surface area contributed by atoms with Crippen molar-refractivity contribution >= 4 is 5.69 Å². The molecule has 1 N–H and O–H groups in total. The summed E-state index contributed by atoms with van der Waals surface area (Å²) < 4.78 is 1.96. The molecule has 0 aliphatic carbocycles. The van der Waals surface area contributed by atoms with Crippen LogP contribution >= 0.6 is 0 Å². The van der Waals surface area contributed by atoms with Crippen LogP contribution in [0.25, 0.3) is 11.1 Å². The van der Waals surface area contributed by atoms with E-state index in [2.05, 4.69) is 41.7 Å². The lowest BCUT2D eigenvalue weighted by Crippen LogP contribution is -1.92. The Bertz CT molecular complexity index is 514. The van der Waals surface area contributed by atoms with Crippen LogP contribution < -0.4 is 5.32 Å². The molecule has 82 valence electrons. The van der Waals surface area contributed by atoms with Gasteiger partial charge in [-0.15, -0.1) is 0 Å². The van der Waals surface area contributed by atoms with Gasteiger partial charge in [0.1, 0.15) is 0 Å². The summed E-state index contributed by atoms with van der Waals surface area (Å²) in [5, 5.41) is 7.68. The SMILES string of the molecule is CCn1cc(-c2ccc3c(c2)CCN3)cn1. The summed E-state index contributed by atoms with van der Waals surface area (Å²) in [4.78, 5) is 0. The van der Waals surface area contributed by atoms with Gasteiger partial charge in [-0.3, -0.25) is 4.68 Å². The number of aromatic nitrogens is 2. The number of hydrogen-bond donors (Lipinski definition) is 1. The van der Waals surface area contributed by atoms with Crippen molar-refractivity contribution in [3.8, 4) is 11.1 Å². The van der Waals surface area contributed by atoms with Crippen molar-refractivity contribution in [3.63, 3.8) is 0 Å². The van der Waals surface area contributed by atoms with E-state index in [-0.39, 0.29) is 0 Å². The molecule has 2 heterocycles. The molecule has 2 aromatic rings. The van der Waals surface area contributed by atoms with Gasteiger partial charge in [-0.2, -0.15) is 5.10 Å². The average Bonchev–Trinajstić information content (AvgIpc) is 2.96. The van der Waals surface area contributed by atoms with Crippen molar-refractivity contribution in [1.82, 2.24) is 9.78 Å². The molecule has 3 nitrogen and oxygen atoms in total. The van der Waals surface area contributed by atoms with E-state index in [4.69, 9.17) is 0 Å². The normalized spacial score (nSPS) is 13.6. The molecule has 1 aliphatic heterocycles. The number of nitrogens with zero attached hydrogens (tertiary/aromatic N) is 2. The lowest BCUT2D eigenvalue weighted by Gasteiger charge is -2.02. The lowest BCUT2D eigenvalue weighted by molar-refractivity contribution is 0.660. The van der Waals surface area contributed by atoms with Gasteiger partial charge < -0.3 is 5.32 Å². The maximum atomic E-state index is 4.31. The maximum Gasteiger partial charge on any atom is 0.0568 e. The molecule has 0 bridgehead atoms. The first-order valence-corrected chi connectivity index (χ1v) is 5.76. The van der Waals surface area contributed by atoms with E-state index >= 15 is 0 Å². The zero-order valence-electron chi connectivity index (χ0n) is 9.40. The highest BCUT2D eigenvalue weighted by molar-refractivity contribution is 5.69. The van der Waals surface area contributed by atoms with Crippen LogP contribution in [0.3, 0.4) is 0 Å². The second kappa shape index (κ2) is 3.67. The Hall–Kier alpha value is -1.77. The van der Waals surface area contributed by atoms with Gasteiger partial charge in [0.05, 0.1) is 6.20 Å². The van der Waals surface area contributed by atoms with Crippen molar-refractivity contribution < 1.29 is 0 Å². The van der Waals surface area contributed by atoms with Gasteiger partial charge in [0, 0.05) is 30.5 Å². The van der Waals surface area contributed by atoms with Crippen LogP contribution in [0.15, 0.2) is 30.6 Å². The predicted octanol–water partition coefficient (Wildman–Crippen LogP) is 2.54. The highest BCUT2D eigenvalue weighted by Crippen LogP contribution is 2.28. The molecule has 0 saturated heterocycles. The van der Waals surface area contributed by atoms with E-state index in [1.54, 1.807) is 0 Å². The van der Waals surface area contributed by atoms with Crippen molar-refractivity contribution in [2.24, 2.45) is 0 Å². The summed E-state index contributed by atoms with van der Waals surface area (Å²) in [6.45, 7) is 4.09. The molecule has 0 spiro atoms. The number of anilines is 1. The fourth-order valence-electron chi connectivity index (χ4n) is 2.17. The number of fused-ring (bicyclic) bond motifs is 1. The van der Waals surface area contributed by atoms with Gasteiger partial charge in [0.2, 0.25) is 0 Å². The van der Waals surface area contributed by atoms with E-state index < -0.39 is 0 Å². The first-order chi connectivity index (χ1) is 7.86. The number of aryl methyl sites for hydroxylation is 1. The van der Waals surface area contributed by atoms with Crippen molar-refractivity contribution in [2.75, 3.05) is 11.9 Å². The molecule has 0 fully saturated rings. The fraction of sp³-hybridized carbons (Fsp3) is 0.308. The molecule has 0 saturated carbocycles. The molecular formula is C13H15N3. The van der Waals surface area contributed by atoms with Gasteiger partial charge in [0.25, 0.3) is 0 Å². The zero-order valence-corrected chi connectivity index (χ0v) is 9.40. The molecule has 1 aromatic carbocycles. The van der Waals surface area contributed by atoms with Crippen LogP contribution in [0.5, 0.6) is 0 Å². The Kier molecular flexibility index (Phi) is 2.17. The summed E-state index contributed by atoms with van der Waals surface area (Å²) in [7, 11) is 0. The van der Waals surface area contributed by atoms with Gasteiger partial charge in [-0.25, -0.2) is 0 Å². The van der Waals surface area contributed by atoms with Crippen LogP contribution in [-0.2, 0) is 13.0 Å². The predicted molar refractivity (Wildman–Crippen MR) is 65.5 cm³/mol. The minimum absolute atomic E-state index is 0.923. The highest BCUT2D eigenvalue weighted by Gasteiger charge is 2.11. The van der Waals surface area contributed by atoms with Crippen LogP contribution in [0, 0.1) is 0 Å². The molecule has 0 amide bonds. The molecule has 16 heavy (non-hydrogen) atoms. The topological polar surface area (TPSA) is 29.9 Å². The van der Waals surface area contributed by atoms with E-state index in [1.165, 1.54) is 22.4 Å². The van der Waals surface area contributed by atoms with E-state index in [1.807, 2.05) is 10.9 Å². The molecular weight excluding hydrogens is 198 g/mol. The first kappa shape index (κ1) is 9.46. The number of hydrogen-bond acceptors (Lipinski definition) is 2. The molecule has 1 aromatic heterocycles. The summed E-state index contributed by atoms with van der Waals surface area (Å²) >= 11 is 0. The molecule has 0 radical (unpaired) electrons. The third-order valence-corrected chi connectivity index (χ3v) is 3.11. The number of benzene rings is 1. The molecule has 1 aliphatic rings. The molecule has 0 unspecified atom stereocenters. The standard InChI is InChI=1S/C13H15N3/c1-2-16-9-12(8-15-16)10-3-4-13-11(7-10)5-6-14-13/h3-4,7-9,14H,2,5-6H2,1H3. The van der Waals surface area contributed by atoms with Crippen molar-refractivity contribution in [1.29, 1.82) is 0 Å². The van der Waals surface area contributed by atoms with Crippen molar-refractivity contribution in [2.45, 2.75) is 19.9 Å². The Morgan fingerprint density at radius 3 is 3.12 bits per heavy atom. The van der Waals surface area contributed by atoms with Crippen LogP contribution in [-0.4, -0.2) is 16.3 Å². The van der Waals surface area contributed by atoms with Crippen LogP contribution in [0.1, 0.15) is 12.5 Å². The fourth-order valence-corrected chi connectivity index (χ4v) is 2.17. The average molecular weight is 213 g/mol. The summed E-state index contributed by atoms with van der Waals surface area (Å²) in [6.07, 6.45) is 5.17. The second-order valence-corrected chi connectivity index (χ2v) is 4.13. The quantitative estimate of drug-likeness (QED) is 0.830. The third kappa shape index (κ3) is 1.48.